The highest BCUT2D eigenvalue weighted by Gasteiger charge is 2.05. The van der Waals surface area contributed by atoms with Gasteiger partial charge in [-0.3, -0.25) is 4.79 Å². The van der Waals surface area contributed by atoms with E-state index in [0.717, 1.165) is 17.0 Å². The number of amides is 1. The molecule has 17 heavy (non-hydrogen) atoms. The second-order valence-corrected chi connectivity index (χ2v) is 4.06. The lowest BCUT2D eigenvalue weighted by Crippen LogP contribution is -2.24. The number of nitrogens with one attached hydrogen (secondary N) is 1. The van der Waals surface area contributed by atoms with Crippen LogP contribution in [0.3, 0.4) is 0 Å². The van der Waals surface area contributed by atoms with Crippen molar-refractivity contribution >= 4 is 11.6 Å². The van der Waals surface area contributed by atoms with E-state index in [9.17, 15) is 4.79 Å². The van der Waals surface area contributed by atoms with Crippen molar-refractivity contribution in [1.82, 2.24) is 5.43 Å². The Hall–Kier alpha value is -1.84. The van der Waals surface area contributed by atoms with Crippen LogP contribution in [0.25, 0.3) is 0 Å². The largest absolute Gasteiger partial charge is 0.497 e. The van der Waals surface area contributed by atoms with Crippen LogP contribution in [0, 0.1) is 5.92 Å². The predicted molar refractivity (Wildman–Crippen MR) is 68.2 cm³/mol. The molecule has 4 heteroatoms. The zero-order valence-electron chi connectivity index (χ0n) is 10.7. The van der Waals surface area contributed by atoms with Crippen LogP contribution < -0.4 is 10.2 Å². The minimum atomic E-state index is -0.0853. The molecule has 1 rings (SSSR count). The van der Waals surface area contributed by atoms with Gasteiger partial charge < -0.3 is 4.74 Å². The maximum Gasteiger partial charge on any atom is 0.242 e. The molecule has 0 heterocycles. The van der Waals surface area contributed by atoms with Crippen molar-refractivity contribution in [2.24, 2.45) is 11.0 Å². The molecule has 1 aromatic carbocycles. The number of carbonyl (C=O) groups excluding carboxylic acids is 1. The highest BCUT2D eigenvalue weighted by Crippen LogP contribution is 2.11. The van der Waals surface area contributed by atoms with E-state index in [4.69, 9.17) is 4.74 Å². The van der Waals surface area contributed by atoms with Crippen LogP contribution in [0.4, 0.5) is 0 Å². The number of hydrogen-bond acceptors (Lipinski definition) is 3. The summed E-state index contributed by atoms with van der Waals surface area (Å²) in [7, 11) is 1.62. The maximum atomic E-state index is 11.3. The highest BCUT2D eigenvalue weighted by atomic mass is 16.5. The van der Waals surface area contributed by atoms with Crippen LogP contribution in [0.5, 0.6) is 5.75 Å². The highest BCUT2D eigenvalue weighted by molar-refractivity contribution is 5.99. The third-order valence-electron chi connectivity index (χ3n) is 2.37. The summed E-state index contributed by atoms with van der Waals surface area (Å²) in [6.07, 6.45) is 0. The Morgan fingerprint density at radius 3 is 2.35 bits per heavy atom. The van der Waals surface area contributed by atoms with E-state index in [0.29, 0.717) is 0 Å². The molecule has 0 aliphatic rings. The van der Waals surface area contributed by atoms with Crippen molar-refractivity contribution in [3.63, 3.8) is 0 Å². The Bertz CT molecular complexity index is 408. The van der Waals surface area contributed by atoms with Gasteiger partial charge in [-0.1, -0.05) is 13.8 Å². The Kier molecular flexibility index (Phi) is 4.69. The first-order chi connectivity index (χ1) is 8.04. The second kappa shape index (κ2) is 6.03. The van der Waals surface area contributed by atoms with Gasteiger partial charge in [0.05, 0.1) is 12.8 Å². The molecule has 0 atom stereocenters. The summed E-state index contributed by atoms with van der Waals surface area (Å²) < 4.78 is 5.07. The fourth-order valence-corrected chi connectivity index (χ4v) is 1.16. The van der Waals surface area contributed by atoms with Gasteiger partial charge in [-0.15, -0.1) is 0 Å². The minimum Gasteiger partial charge on any atom is -0.497 e. The molecule has 1 N–H and O–H groups in total. The quantitative estimate of drug-likeness (QED) is 0.641. The summed E-state index contributed by atoms with van der Waals surface area (Å²) in [4.78, 5) is 11.3. The maximum absolute atomic E-state index is 11.3. The van der Waals surface area contributed by atoms with Gasteiger partial charge in [0.1, 0.15) is 5.75 Å². The molecule has 0 fully saturated rings. The van der Waals surface area contributed by atoms with Crippen molar-refractivity contribution in [2.75, 3.05) is 7.11 Å². The van der Waals surface area contributed by atoms with Gasteiger partial charge in [0, 0.05) is 5.92 Å². The van der Waals surface area contributed by atoms with Gasteiger partial charge >= 0.3 is 0 Å². The predicted octanol–water partition coefficient (Wildman–Crippen LogP) is 2.19. The molecule has 1 aromatic rings. The van der Waals surface area contributed by atoms with E-state index in [1.54, 1.807) is 7.11 Å². The van der Waals surface area contributed by atoms with Gasteiger partial charge in [0.15, 0.2) is 0 Å². The molecule has 0 spiro atoms. The lowest BCUT2D eigenvalue weighted by molar-refractivity contribution is -0.123. The van der Waals surface area contributed by atoms with Crippen molar-refractivity contribution in [2.45, 2.75) is 20.8 Å². The van der Waals surface area contributed by atoms with E-state index in [2.05, 4.69) is 10.5 Å². The first-order valence-corrected chi connectivity index (χ1v) is 5.53. The zero-order chi connectivity index (χ0) is 12.8. The van der Waals surface area contributed by atoms with E-state index in [1.165, 1.54) is 0 Å². The number of carbonyl (C=O) groups is 1. The monoisotopic (exact) mass is 234 g/mol. The zero-order valence-corrected chi connectivity index (χ0v) is 10.7. The van der Waals surface area contributed by atoms with E-state index in [-0.39, 0.29) is 11.8 Å². The Morgan fingerprint density at radius 2 is 1.88 bits per heavy atom. The van der Waals surface area contributed by atoms with Gasteiger partial charge in [-0.05, 0) is 36.8 Å². The first-order valence-electron chi connectivity index (χ1n) is 5.53. The number of benzene rings is 1. The molecule has 0 unspecified atom stereocenters. The Labute approximate surface area is 102 Å². The number of ether oxygens (including phenoxy) is 1. The SMILES string of the molecule is COc1ccc(C(C)=NNC(=O)C(C)C)cc1. The van der Waals surface area contributed by atoms with Crippen molar-refractivity contribution < 1.29 is 9.53 Å². The molecule has 0 aliphatic heterocycles. The lowest BCUT2D eigenvalue weighted by atomic mass is 10.1. The van der Waals surface area contributed by atoms with Crippen LogP contribution in [0.2, 0.25) is 0 Å². The summed E-state index contributed by atoms with van der Waals surface area (Å²) in [6, 6.07) is 7.52. The number of methoxy groups -OCH3 is 1. The Morgan fingerprint density at radius 1 is 1.29 bits per heavy atom. The van der Waals surface area contributed by atoms with Gasteiger partial charge in [0.25, 0.3) is 0 Å². The number of nitrogens with zero attached hydrogens (tertiary/aromatic N) is 1. The summed E-state index contributed by atoms with van der Waals surface area (Å²) in [5.74, 6) is 0.646. The van der Waals surface area contributed by atoms with E-state index >= 15 is 0 Å². The third-order valence-corrected chi connectivity index (χ3v) is 2.37. The van der Waals surface area contributed by atoms with Crippen LogP contribution >= 0.6 is 0 Å². The Balaban J connectivity index is 2.71. The fourth-order valence-electron chi connectivity index (χ4n) is 1.16. The van der Waals surface area contributed by atoms with E-state index < -0.39 is 0 Å². The average molecular weight is 234 g/mol. The average Bonchev–Trinajstić information content (AvgIpc) is 2.35. The number of hydrogen-bond donors (Lipinski definition) is 1. The van der Waals surface area contributed by atoms with Crippen LogP contribution in [-0.2, 0) is 4.79 Å². The van der Waals surface area contributed by atoms with Gasteiger partial charge in [-0.2, -0.15) is 5.10 Å². The van der Waals surface area contributed by atoms with Crippen molar-refractivity contribution in [3.05, 3.63) is 29.8 Å². The minimum absolute atomic E-state index is 0.0672. The molecule has 0 aromatic heterocycles. The molecule has 4 nitrogen and oxygen atoms in total. The van der Waals surface area contributed by atoms with Crippen LogP contribution in [-0.4, -0.2) is 18.7 Å². The van der Waals surface area contributed by atoms with Crippen molar-refractivity contribution in [3.8, 4) is 5.75 Å². The number of rotatable bonds is 4. The molecule has 0 saturated heterocycles. The van der Waals surface area contributed by atoms with Crippen LogP contribution in [0.15, 0.2) is 29.4 Å². The first kappa shape index (κ1) is 13.2. The fraction of sp³-hybridized carbons (Fsp3) is 0.385. The molecule has 0 saturated carbocycles. The normalized spacial score (nSPS) is 11.5. The molecular weight excluding hydrogens is 216 g/mol. The molecule has 92 valence electrons. The van der Waals surface area contributed by atoms with E-state index in [1.807, 2.05) is 45.0 Å². The molecule has 0 aliphatic carbocycles. The molecular formula is C13H18N2O2. The summed E-state index contributed by atoms with van der Waals surface area (Å²) >= 11 is 0. The van der Waals surface area contributed by atoms with Crippen LogP contribution in [0.1, 0.15) is 26.3 Å². The van der Waals surface area contributed by atoms with Crippen molar-refractivity contribution in [1.29, 1.82) is 0 Å². The van der Waals surface area contributed by atoms with Gasteiger partial charge in [-0.25, -0.2) is 5.43 Å². The second-order valence-electron chi connectivity index (χ2n) is 4.06. The summed E-state index contributed by atoms with van der Waals surface area (Å²) in [5, 5.41) is 4.05. The molecule has 1 amide bonds. The smallest absolute Gasteiger partial charge is 0.242 e. The number of hydrazone groups is 1. The molecule has 0 bridgehead atoms. The third kappa shape index (κ3) is 3.90. The summed E-state index contributed by atoms with van der Waals surface area (Å²) in [5.41, 5.74) is 4.25. The standard InChI is InChI=1S/C13H18N2O2/c1-9(2)13(16)15-14-10(3)11-5-7-12(17-4)8-6-11/h5-9H,1-4H3,(H,15,16). The summed E-state index contributed by atoms with van der Waals surface area (Å²) in [6.45, 7) is 5.50. The molecule has 0 radical (unpaired) electrons. The lowest BCUT2D eigenvalue weighted by Gasteiger charge is -2.05. The van der Waals surface area contributed by atoms with Gasteiger partial charge in [0.2, 0.25) is 5.91 Å². The topological polar surface area (TPSA) is 50.7 Å².